The lowest BCUT2D eigenvalue weighted by molar-refractivity contribution is 0.0535. The van der Waals surface area contributed by atoms with E-state index in [2.05, 4.69) is 10.1 Å². The number of hydrogen-bond donors (Lipinski definition) is 1. The quantitative estimate of drug-likeness (QED) is 0.739. The average molecular weight is 237 g/mol. The Balaban J connectivity index is 2.29. The van der Waals surface area contributed by atoms with E-state index in [-0.39, 0.29) is 11.8 Å². The first-order valence-electron chi connectivity index (χ1n) is 5.47. The van der Waals surface area contributed by atoms with E-state index < -0.39 is 0 Å². The van der Waals surface area contributed by atoms with Gasteiger partial charge in [0.05, 0.1) is 18.8 Å². The number of aromatic nitrogens is 4. The van der Waals surface area contributed by atoms with Crippen molar-refractivity contribution in [1.29, 1.82) is 0 Å². The van der Waals surface area contributed by atoms with E-state index in [1.807, 2.05) is 6.92 Å². The average Bonchev–Trinajstić information content (AvgIpc) is 2.66. The van der Waals surface area contributed by atoms with Crippen LogP contribution in [0.25, 0.3) is 5.65 Å². The summed E-state index contributed by atoms with van der Waals surface area (Å²) in [6, 6.07) is 0. The molecular weight excluding hydrogens is 222 g/mol. The van der Waals surface area contributed by atoms with Crippen LogP contribution in [0, 0.1) is 0 Å². The first-order valence-corrected chi connectivity index (χ1v) is 5.47. The van der Waals surface area contributed by atoms with Crippen molar-refractivity contribution >= 4 is 5.65 Å². The number of ether oxygens (including phenoxy) is 1. The molecule has 2 aromatic heterocycles. The van der Waals surface area contributed by atoms with Crippen molar-refractivity contribution in [3.05, 3.63) is 29.1 Å². The SMILES string of the molecule is CCOC(CN)Cn1nc2cnccn2c1=O. The second-order valence-electron chi connectivity index (χ2n) is 3.58. The molecule has 2 rings (SSSR count). The van der Waals surface area contributed by atoms with Crippen LogP contribution in [-0.4, -0.2) is 38.4 Å². The Morgan fingerprint density at radius 2 is 2.41 bits per heavy atom. The standard InChI is InChI=1S/C10H15N5O2/c1-2-17-8(5-11)7-15-10(16)14-4-3-12-6-9(14)13-15/h3-4,6,8H,2,5,7,11H2,1H3. The molecule has 7 nitrogen and oxygen atoms in total. The molecule has 1 unspecified atom stereocenters. The molecule has 2 aromatic rings. The highest BCUT2D eigenvalue weighted by Crippen LogP contribution is 1.96. The summed E-state index contributed by atoms with van der Waals surface area (Å²) in [6.45, 7) is 3.15. The Morgan fingerprint density at radius 1 is 1.59 bits per heavy atom. The van der Waals surface area contributed by atoms with Gasteiger partial charge in [-0.15, -0.1) is 5.10 Å². The van der Waals surface area contributed by atoms with Crippen LogP contribution < -0.4 is 11.4 Å². The van der Waals surface area contributed by atoms with Crippen molar-refractivity contribution < 1.29 is 4.74 Å². The summed E-state index contributed by atoms with van der Waals surface area (Å²) in [5.74, 6) is 0. The van der Waals surface area contributed by atoms with Crippen molar-refractivity contribution in [2.45, 2.75) is 19.6 Å². The minimum absolute atomic E-state index is 0.199. The van der Waals surface area contributed by atoms with Gasteiger partial charge in [0.2, 0.25) is 0 Å². The highest BCUT2D eigenvalue weighted by Gasteiger charge is 2.12. The second-order valence-corrected chi connectivity index (χ2v) is 3.58. The Morgan fingerprint density at radius 3 is 3.06 bits per heavy atom. The minimum Gasteiger partial charge on any atom is -0.375 e. The van der Waals surface area contributed by atoms with Crippen molar-refractivity contribution in [2.24, 2.45) is 5.73 Å². The van der Waals surface area contributed by atoms with Crippen LogP contribution >= 0.6 is 0 Å². The maximum Gasteiger partial charge on any atom is 0.350 e. The first kappa shape index (κ1) is 11.7. The summed E-state index contributed by atoms with van der Waals surface area (Å²) in [5.41, 5.74) is 5.87. The van der Waals surface area contributed by atoms with Crippen molar-refractivity contribution in [3.63, 3.8) is 0 Å². The fourth-order valence-corrected chi connectivity index (χ4v) is 1.62. The maximum absolute atomic E-state index is 11.9. The lowest BCUT2D eigenvalue weighted by atomic mass is 10.3. The Hall–Kier alpha value is -1.73. The molecule has 0 saturated heterocycles. The molecule has 2 heterocycles. The van der Waals surface area contributed by atoms with E-state index in [0.717, 1.165) is 0 Å². The Kier molecular flexibility index (Phi) is 3.50. The van der Waals surface area contributed by atoms with E-state index >= 15 is 0 Å². The Bertz CT molecular complexity index is 547. The van der Waals surface area contributed by atoms with Gasteiger partial charge in [0, 0.05) is 25.5 Å². The van der Waals surface area contributed by atoms with Gasteiger partial charge in [-0.2, -0.15) is 0 Å². The van der Waals surface area contributed by atoms with Crippen LogP contribution in [0.2, 0.25) is 0 Å². The van der Waals surface area contributed by atoms with Crippen LogP contribution in [0.1, 0.15) is 6.92 Å². The van der Waals surface area contributed by atoms with E-state index in [1.165, 1.54) is 15.3 Å². The summed E-state index contributed by atoms with van der Waals surface area (Å²) >= 11 is 0. The number of hydrogen-bond acceptors (Lipinski definition) is 5. The lowest BCUT2D eigenvalue weighted by Gasteiger charge is -2.13. The molecule has 1 atom stereocenters. The molecule has 0 aliphatic heterocycles. The molecule has 0 aliphatic rings. The molecule has 17 heavy (non-hydrogen) atoms. The van der Waals surface area contributed by atoms with Gasteiger partial charge in [-0.3, -0.25) is 4.98 Å². The second kappa shape index (κ2) is 5.07. The fourth-order valence-electron chi connectivity index (χ4n) is 1.62. The molecule has 0 aromatic carbocycles. The van der Waals surface area contributed by atoms with Gasteiger partial charge < -0.3 is 10.5 Å². The van der Waals surface area contributed by atoms with Crippen LogP contribution in [0.3, 0.4) is 0 Å². The van der Waals surface area contributed by atoms with Crippen LogP contribution in [0.4, 0.5) is 0 Å². The molecule has 0 spiro atoms. The third-order valence-corrected chi connectivity index (χ3v) is 2.43. The minimum atomic E-state index is -0.208. The van der Waals surface area contributed by atoms with Gasteiger partial charge >= 0.3 is 5.69 Å². The number of nitrogens with two attached hydrogens (primary N) is 1. The van der Waals surface area contributed by atoms with Crippen molar-refractivity contribution in [1.82, 2.24) is 19.2 Å². The van der Waals surface area contributed by atoms with Gasteiger partial charge in [-0.25, -0.2) is 13.9 Å². The molecule has 0 bridgehead atoms. The van der Waals surface area contributed by atoms with E-state index in [0.29, 0.717) is 25.3 Å². The third-order valence-electron chi connectivity index (χ3n) is 2.43. The first-order chi connectivity index (χ1) is 8.26. The summed E-state index contributed by atoms with van der Waals surface area (Å²) in [7, 11) is 0. The molecular formula is C10H15N5O2. The van der Waals surface area contributed by atoms with Crippen molar-refractivity contribution in [3.8, 4) is 0 Å². The topological polar surface area (TPSA) is 87.4 Å². The summed E-state index contributed by atoms with van der Waals surface area (Å²) in [6.07, 6.45) is 4.47. The largest absolute Gasteiger partial charge is 0.375 e. The molecule has 92 valence electrons. The molecule has 0 amide bonds. The number of fused-ring (bicyclic) bond motifs is 1. The zero-order valence-corrected chi connectivity index (χ0v) is 9.61. The van der Waals surface area contributed by atoms with Gasteiger partial charge in [0.25, 0.3) is 0 Å². The monoisotopic (exact) mass is 237 g/mol. The third kappa shape index (κ3) is 2.34. The zero-order valence-electron chi connectivity index (χ0n) is 9.61. The van der Waals surface area contributed by atoms with Gasteiger partial charge in [-0.1, -0.05) is 0 Å². The number of rotatable bonds is 5. The molecule has 2 N–H and O–H groups in total. The highest BCUT2D eigenvalue weighted by atomic mass is 16.5. The molecule has 0 fully saturated rings. The summed E-state index contributed by atoms with van der Waals surface area (Å²) in [4.78, 5) is 15.8. The van der Waals surface area contributed by atoms with Crippen LogP contribution in [0.5, 0.6) is 0 Å². The van der Waals surface area contributed by atoms with Gasteiger partial charge in [-0.05, 0) is 6.92 Å². The van der Waals surface area contributed by atoms with E-state index in [9.17, 15) is 4.79 Å². The van der Waals surface area contributed by atoms with Crippen molar-refractivity contribution in [2.75, 3.05) is 13.2 Å². The molecule has 0 saturated carbocycles. The molecule has 0 radical (unpaired) electrons. The summed E-state index contributed by atoms with van der Waals surface area (Å²) < 4.78 is 8.18. The highest BCUT2D eigenvalue weighted by molar-refractivity contribution is 5.31. The Labute approximate surface area is 97.8 Å². The van der Waals surface area contributed by atoms with E-state index in [4.69, 9.17) is 10.5 Å². The molecule has 0 aliphatic carbocycles. The lowest BCUT2D eigenvalue weighted by Crippen LogP contribution is -2.33. The van der Waals surface area contributed by atoms with Crippen LogP contribution in [-0.2, 0) is 11.3 Å². The van der Waals surface area contributed by atoms with Crippen LogP contribution in [0.15, 0.2) is 23.4 Å². The normalized spacial score (nSPS) is 13.1. The summed E-state index contributed by atoms with van der Waals surface area (Å²) in [5, 5.41) is 4.15. The van der Waals surface area contributed by atoms with E-state index in [1.54, 1.807) is 12.4 Å². The molecule has 7 heteroatoms. The maximum atomic E-state index is 11.9. The predicted molar refractivity (Wildman–Crippen MR) is 61.7 cm³/mol. The predicted octanol–water partition coefficient (Wildman–Crippen LogP) is -0.745. The smallest absolute Gasteiger partial charge is 0.350 e. The fraction of sp³-hybridized carbons (Fsp3) is 0.500. The van der Waals surface area contributed by atoms with Gasteiger partial charge in [0.15, 0.2) is 5.65 Å². The number of nitrogens with zero attached hydrogens (tertiary/aromatic N) is 4. The zero-order chi connectivity index (χ0) is 12.3. The van der Waals surface area contributed by atoms with Gasteiger partial charge in [0.1, 0.15) is 0 Å².